The molecule has 0 fully saturated rings. The van der Waals surface area contributed by atoms with Crippen molar-refractivity contribution < 1.29 is 23.0 Å². The summed E-state index contributed by atoms with van der Waals surface area (Å²) >= 11 is 0. The Morgan fingerprint density at radius 1 is 0.875 bits per heavy atom. The zero-order chi connectivity index (χ0) is 13.1. The van der Waals surface area contributed by atoms with Gasteiger partial charge in [-0.1, -0.05) is 0 Å². The molecule has 13 nitrogen and oxygen atoms in total. The molecule has 100 valence electrons. The Morgan fingerprint density at radius 3 is 0.938 bits per heavy atom. The van der Waals surface area contributed by atoms with Crippen LogP contribution in [-0.4, -0.2) is 34.9 Å². The molecule has 0 aliphatic rings. The zero-order valence-corrected chi connectivity index (χ0v) is 8.79. The summed E-state index contributed by atoms with van der Waals surface area (Å²) < 4.78 is 31.6. The summed E-state index contributed by atoms with van der Waals surface area (Å²) in [7, 11) is -4.67. The van der Waals surface area contributed by atoms with E-state index in [0.29, 0.717) is 0 Å². The van der Waals surface area contributed by atoms with Crippen LogP contribution in [0, 0.1) is 0 Å². The van der Waals surface area contributed by atoms with Crippen molar-refractivity contribution in [3.05, 3.63) is 0 Å². The number of hydrazone groups is 2. The molecule has 0 amide bonds. The Hall–Kier alpha value is -2.03. The van der Waals surface area contributed by atoms with Crippen LogP contribution in [0.5, 0.6) is 0 Å². The smallest absolute Gasteiger partial charge is 0.394 e. The third kappa shape index (κ3) is 371. The van der Waals surface area contributed by atoms with E-state index in [1.54, 1.807) is 0 Å². The van der Waals surface area contributed by atoms with Crippen LogP contribution < -0.4 is 34.6 Å². The summed E-state index contributed by atoms with van der Waals surface area (Å²) in [4.78, 5) is 0. The standard InChI is InChI=1S/2CH6N4.H2O4S.H2O/c2*2-1(3)5-4;1-5(2,3)4;/h2*4H2,(H4,2,3,5);(H2,1,2,3,4);1H2. The highest BCUT2D eigenvalue weighted by Crippen LogP contribution is 1.59. The van der Waals surface area contributed by atoms with Crippen molar-refractivity contribution in [1.29, 1.82) is 0 Å². The molecule has 0 heterocycles. The fourth-order valence-corrected chi connectivity index (χ4v) is 0. The molecule has 16 heavy (non-hydrogen) atoms. The molecule has 0 unspecified atom stereocenters. The molecule has 0 aliphatic carbocycles. The second-order valence-corrected chi connectivity index (χ2v) is 2.45. The maximum atomic E-state index is 8.74. The molecule has 0 radical (unpaired) electrons. The van der Waals surface area contributed by atoms with Gasteiger partial charge in [-0.15, -0.1) is 10.2 Å². The van der Waals surface area contributed by atoms with Gasteiger partial charge in [-0.2, -0.15) is 8.42 Å². The van der Waals surface area contributed by atoms with Gasteiger partial charge in [-0.3, -0.25) is 9.11 Å². The van der Waals surface area contributed by atoms with Crippen LogP contribution in [0.15, 0.2) is 10.2 Å². The SMILES string of the molecule is NN=C(N)N.NN=C(N)N.O.O=S(=O)(O)O. The van der Waals surface area contributed by atoms with Gasteiger partial charge in [-0.25, -0.2) is 0 Å². The van der Waals surface area contributed by atoms with E-state index < -0.39 is 10.4 Å². The average Bonchev–Trinajstić information content (AvgIpc) is 2.02. The molecular weight excluding hydrogens is 248 g/mol. The van der Waals surface area contributed by atoms with Gasteiger partial charge in [0.1, 0.15) is 0 Å². The van der Waals surface area contributed by atoms with E-state index in [0.717, 1.165) is 0 Å². The van der Waals surface area contributed by atoms with Gasteiger partial charge < -0.3 is 40.1 Å². The molecule has 0 saturated carbocycles. The van der Waals surface area contributed by atoms with Crippen molar-refractivity contribution in [2.24, 2.45) is 44.8 Å². The average molecular weight is 264 g/mol. The lowest BCUT2D eigenvalue weighted by atomic mass is 11.1. The first-order chi connectivity index (χ1) is 6.54. The lowest BCUT2D eigenvalue weighted by Crippen LogP contribution is -2.23. The Bertz CT molecular complexity index is 264. The molecule has 0 bridgehead atoms. The van der Waals surface area contributed by atoms with Crippen molar-refractivity contribution in [2.45, 2.75) is 0 Å². The molecule has 0 spiro atoms. The third-order valence-corrected chi connectivity index (χ3v) is 0.298. The summed E-state index contributed by atoms with van der Waals surface area (Å²) in [5.74, 6) is 8.83. The summed E-state index contributed by atoms with van der Waals surface area (Å²) in [6.45, 7) is 0. The van der Waals surface area contributed by atoms with Gasteiger partial charge >= 0.3 is 10.4 Å². The molecule has 0 aromatic heterocycles. The number of rotatable bonds is 0. The van der Waals surface area contributed by atoms with Crippen LogP contribution >= 0.6 is 0 Å². The van der Waals surface area contributed by atoms with Crippen molar-refractivity contribution in [2.75, 3.05) is 0 Å². The number of hydrogen-bond acceptors (Lipinski definition) is 6. The maximum absolute atomic E-state index is 8.74. The molecule has 0 atom stereocenters. The van der Waals surface area contributed by atoms with Crippen LogP contribution in [0.4, 0.5) is 0 Å². The van der Waals surface area contributed by atoms with E-state index >= 15 is 0 Å². The first-order valence-corrected chi connectivity index (χ1v) is 4.21. The summed E-state index contributed by atoms with van der Waals surface area (Å²) in [6, 6.07) is 0. The van der Waals surface area contributed by atoms with Crippen molar-refractivity contribution in [3.63, 3.8) is 0 Å². The Morgan fingerprint density at radius 2 is 0.938 bits per heavy atom. The van der Waals surface area contributed by atoms with Gasteiger partial charge in [0.25, 0.3) is 0 Å². The van der Waals surface area contributed by atoms with E-state index in [1.807, 2.05) is 0 Å². The first-order valence-electron chi connectivity index (χ1n) is 2.82. The predicted octanol–water partition coefficient (Wildman–Crippen LogP) is -5.21. The highest BCUT2D eigenvalue weighted by atomic mass is 32.3. The molecule has 0 saturated heterocycles. The monoisotopic (exact) mass is 264 g/mol. The Balaban J connectivity index is -0.0000000655. The van der Waals surface area contributed by atoms with Gasteiger partial charge in [0, 0.05) is 0 Å². The quantitative estimate of drug-likeness (QED) is 0.0675. The number of hydrogen-bond donors (Lipinski definition) is 8. The van der Waals surface area contributed by atoms with Gasteiger partial charge in [0.05, 0.1) is 0 Å². The second kappa shape index (κ2) is 13.0. The van der Waals surface area contributed by atoms with Crippen molar-refractivity contribution >= 4 is 22.3 Å². The number of nitrogens with zero attached hydrogens (tertiary/aromatic N) is 2. The fourth-order valence-electron chi connectivity index (χ4n) is 0. The van der Waals surface area contributed by atoms with E-state index in [1.165, 1.54) is 0 Å². The number of nitrogens with two attached hydrogens (primary N) is 6. The van der Waals surface area contributed by atoms with Gasteiger partial charge in [0.2, 0.25) is 11.9 Å². The molecule has 16 N–H and O–H groups in total. The van der Waals surface area contributed by atoms with Gasteiger partial charge in [0.15, 0.2) is 0 Å². The van der Waals surface area contributed by atoms with Crippen molar-refractivity contribution in [1.82, 2.24) is 0 Å². The highest BCUT2D eigenvalue weighted by Gasteiger charge is 1.84. The molecular formula is C2H16N8O5S. The highest BCUT2D eigenvalue weighted by molar-refractivity contribution is 7.79. The minimum atomic E-state index is -4.67. The fraction of sp³-hybridized carbons (Fsp3) is 0. The molecule has 0 aromatic carbocycles. The maximum Gasteiger partial charge on any atom is 0.394 e. The van der Waals surface area contributed by atoms with Crippen LogP contribution in [0.25, 0.3) is 0 Å². The lowest BCUT2D eigenvalue weighted by molar-refractivity contribution is 0.381. The summed E-state index contributed by atoms with van der Waals surface area (Å²) in [5.41, 5.74) is 18.8. The molecule has 0 rings (SSSR count). The first kappa shape index (κ1) is 23.6. The molecule has 0 aliphatic heterocycles. The minimum Gasteiger partial charge on any atom is -0.412 e. The van der Waals surface area contributed by atoms with Gasteiger partial charge in [-0.05, 0) is 0 Å². The molecule has 0 aromatic rings. The Labute approximate surface area is 91.0 Å². The van der Waals surface area contributed by atoms with E-state index in [2.05, 4.69) is 21.9 Å². The van der Waals surface area contributed by atoms with E-state index in [9.17, 15) is 0 Å². The zero-order valence-electron chi connectivity index (χ0n) is 7.98. The summed E-state index contributed by atoms with van der Waals surface area (Å²) in [6.07, 6.45) is 0. The lowest BCUT2D eigenvalue weighted by Gasteiger charge is -1.76. The largest absolute Gasteiger partial charge is 0.412 e. The van der Waals surface area contributed by atoms with E-state index in [-0.39, 0.29) is 17.4 Å². The normalized spacial score (nSPS) is 7.62. The molecule has 14 heteroatoms. The Kier molecular flexibility index (Phi) is 19.2. The third-order valence-electron chi connectivity index (χ3n) is 0.298. The van der Waals surface area contributed by atoms with Crippen LogP contribution in [0.1, 0.15) is 0 Å². The predicted molar refractivity (Wildman–Crippen MR) is 57.8 cm³/mol. The minimum absolute atomic E-state index is 0. The van der Waals surface area contributed by atoms with Crippen LogP contribution in [0.3, 0.4) is 0 Å². The van der Waals surface area contributed by atoms with Crippen molar-refractivity contribution in [3.8, 4) is 0 Å². The number of guanidine groups is 2. The topological polar surface area (TPSA) is 287 Å². The second-order valence-electron chi connectivity index (χ2n) is 1.56. The summed E-state index contributed by atoms with van der Waals surface area (Å²) in [5, 5.41) is 5.72. The van der Waals surface area contributed by atoms with Crippen LogP contribution in [-0.2, 0) is 10.4 Å². The van der Waals surface area contributed by atoms with E-state index in [4.69, 9.17) is 40.5 Å². The van der Waals surface area contributed by atoms with Crippen LogP contribution in [0.2, 0.25) is 0 Å².